The van der Waals surface area contributed by atoms with Gasteiger partial charge >= 0.3 is 5.97 Å². The van der Waals surface area contributed by atoms with Crippen LogP contribution in [0.2, 0.25) is 5.02 Å². The smallest absolute Gasteiger partial charge is 0.341 e. The Morgan fingerprint density at radius 3 is 2.59 bits per heavy atom. The summed E-state index contributed by atoms with van der Waals surface area (Å²) in [6.45, 7) is 1.85. The minimum atomic E-state index is -0.557. The molecular weight excluding hydrogens is 308 g/mol. The SMILES string of the molecule is COC(=O)c1cc(C=O)oc1C(C)c1ccc(OC)c(Cl)c1. The van der Waals surface area contributed by atoms with Crippen molar-refractivity contribution in [1.29, 1.82) is 0 Å². The fourth-order valence-electron chi connectivity index (χ4n) is 2.18. The van der Waals surface area contributed by atoms with E-state index in [9.17, 15) is 9.59 Å². The first-order valence-electron chi connectivity index (χ1n) is 6.52. The first-order valence-corrected chi connectivity index (χ1v) is 6.90. The van der Waals surface area contributed by atoms with Gasteiger partial charge in [-0.15, -0.1) is 0 Å². The predicted molar refractivity (Wildman–Crippen MR) is 81.0 cm³/mol. The average Bonchev–Trinajstić information content (AvgIpc) is 2.97. The van der Waals surface area contributed by atoms with Gasteiger partial charge in [-0.05, 0) is 17.7 Å². The van der Waals surface area contributed by atoms with Crippen molar-refractivity contribution in [2.45, 2.75) is 12.8 Å². The van der Waals surface area contributed by atoms with Gasteiger partial charge in [0.25, 0.3) is 0 Å². The Balaban J connectivity index is 2.46. The van der Waals surface area contributed by atoms with Gasteiger partial charge in [0, 0.05) is 12.0 Å². The Hall–Kier alpha value is -2.27. The summed E-state index contributed by atoms with van der Waals surface area (Å²) >= 11 is 6.12. The van der Waals surface area contributed by atoms with Crippen LogP contribution in [0, 0.1) is 0 Å². The van der Waals surface area contributed by atoms with Crippen molar-refractivity contribution in [3.63, 3.8) is 0 Å². The molecule has 2 aromatic rings. The van der Waals surface area contributed by atoms with E-state index in [2.05, 4.69) is 0 Å². The Labute approximate surface area is 132 Å². The zero-order valence-electron chi connectivity index (χ0n) is 12.4. The highest BCUT2D eigenvalue weighted by atomic mass is 35.5. The molecule has 0 bridgehead atoms. The Morgan fingerprint density at radius 1 is 1.32 bits per heavy atom. The number of carbonyl (C=O) groups is 2. The lowest BCUT2D eigenvalue weighted by Crippen LogP contribution is -2.06. The summed E-state index contributed by atoms with van der Waals surface area (Å²) in [5, 5.41) is 0.452. The summed E-state index contributed by atoms with van der Waals surface area (Å²) in [4.78, 5) is 22.7. The molecule has 0 aliphatic carbocycles. The van der Waals surface area contributed by atoms with Crippen LogP contribution >= 0.6 is 11.6 Å². The minimum absolute atomic E-state index is 0.0712. The Morgan fingerprint density at radius 2 is 2.05 bits per heavy atom. The molecule has 1 aromatic heterocycles. The fourth-order valence-corrected chi connectivity index (χ4v) is 2.44. The molecule has 6 heteroatoms. The third-order valence-corrected chi connectivity index (χ3v) is 3.67. The van der Waals surface area contributed by atoms with Crippen molar-refractivity contribution in [2.24, 2.45) is 0 Å². The lowest BCUT2D eigenvalue weighted by atomic mass is 9.96. The maximum Gasteiger partial charge on any atom is 0.341 e. The second-order valence-electron chi connectivity index (χ2n) is 4.65. The second-order valence-corrected chi connectivity index (χ2v) is 5.06. The number of benzene rings is 1. The molecule has 0 saturated heterocycles. The predicted octanol–water partition coefficient (Wildman–Crippen LogP) is 3.69. The van der Waals surface area contributed by atoms with Crippen molar-refractivity contribution in [3.05, 3.63) is 51.9 Å². The molecule has 116 valence electrons. The molecule has 0 radical (unpaired) electrons. The largest absolute Gasteiger partial charge is 0.495 e. The van der Waals surface area contributed by atoms with E-state index in [4.69, 9.17) is 25.5 Å². The van der Waals surface area contributed by atoms with Crippen molar-refractivity contribution >= 4 is 23.9 Å². The van der Waals surface area contributed by atoms with E-state index in [1.54, 1.807) is 12.1 Å². The molecule has 5 nitrogen and oxygen atoms in total. The van der Waals surface area contributed by atoms with E-state index in [-0.39, 0.29) is 17.2 Å². The van der Waals surface area contributed by atoms with Crippen LogP contribution in [0.5, 0.6) is 5.75 Å². The van der Waals surface area contributed by atoms with Gasteiger partial charge in [0.15, 0.2) is 12.0 Å². The fraction of sp³-hybridized carbons (Fsp3) is 0.250. The van der Waals surface area contributed by atoms with Crippen LogP contribution in [-0.4, -0.2) is 26.5 Å². The first-order chi connectivity index (χ1) is 10.5. The summed E-state index contributed by atoms with van der Waals surface area (Å²) < 4.78 is 15.3. The van der Waals surface area contributed by atoms with Crippen molar-refractivity contribution in [2.75, 3.05) is 14.2 Å². The van der Waals surface area contributed by atoms with E-state index in [0.717, 1.165) is 5.56 Å². The number of carbonyl (C=O) groups excluding carboxylic acids is 2. The van der Waals surface area contributed by atoms with Gasteiger partial charge in [-0.2, -0.15) is 0 Å². The van der Waals surface area contributed by atoms with E-state index >= 15 is 0 Å². The number of ether oxygens (including phenoxy) is 2. The van der Waals surface area contributed by atoms with Gasteiger partial charge in [0.2, 0.25) is 0 Å². The minimum Gasteiger partial charge on any atom is -0.495 e. The van der Waals surface area contributed by atoms with E-state index < -0.39 is 5.97 Å². The highest BCUT2D eigenvalue weighted by Gasteiger charge is 2.24. The number of esters is 1. The first kappa shape index (κ1) is 16.1. The van der Waals surface area contributed by atoms with Crippen LogP contribution in [0.4, 0.5) is 0 Å². The summed E-state index contributed by atoms with van der Waals surface area (Å²) in [5.74, 6) is 0.139. The van der Waals surface area contributed by atoms with Crippen LogP contribution in [-0.2, 0) is 4.74 Å². The molecule has 0 aliphatic rings. The number of hydrogen-bond acceptors (Lipinski definition) is 5. The van der Waals surface area contributed by atoms with Gasteiger partial charge in [-0.3, -0.25) is 4.79 Å². The Bertz CT molecular complexity index is 705. The molecule has 0 aliphatic heterocycles. The van der Waals surface area contributed by atoms with Gasteiger partial charge in [-0.25, -0.2) is 4.79 Å². The van der Waals surface area contributed by atoms with Gasteiger partial charge < -0.3 is 13.9 Å². The zero-order chi connectivity index (χ0) is 16.3. The van der Waals surface area contributed by atoms with Crippen LogP contribution < -0.4 is 4.74 Å². The summed E-state index contributed by atoms with van der Waals surface area (Å²) in [7, 11) is 2.80. The number of aldehydes is 1. The van der Waals surface area contributed by atoms with Crippen LogP contribution in [0.1, 0.15) is 45.1 Å². The van der Waals surface area contributed by atoms with E-state index in [1.165, 1.54) is 20.3 Å². The molecule has 1 heterocycles. The summed E-state index contributed by atoms with van der Waals surface area (Å²) in [6.07, 6.45) is 0.545. The van der Waals surface area contributed by atoms with E-state index in [1.807, 2.05) is 13.0 Å². The maximum absolute atomic E-state index is 11.8. The van der Waals surface area contributed by atoms with Crippen LogP contribution in [0.15, 0.2) is 28.7 Å². The third kappa shape index (κ3) is 2.99. The van der Waals surface area contributed by atoms with Gasteiger partial charge in [0.05, 0.1) is 19.2 Å². The number of rotatable bonds is 5. The van der Waals surface area contributed by atoms with Gasteiger partial charge in [-0.1, -0.05) is 24.6 Å². The topological polar surface area (TPSA) is 65.7 Å². The van der Waals surface area contributed by atoms with Crippen LogP contribution in [0.25, 0.3) is 0 Å². The highest BCUT2D eigenvalue weighted by molar-refractivity contribution is 6.32. The normalized spacial score (nSPS) is 11.8. The molecule has 0 N–H and O–H groups in total. The molecule has 22 heavy (non-hydrogen) atoms. The van der Waals surface area contributed by atoms with Crippen molar-refractivity contribution in [1.82, 2.24) is 0 Å². The molecule has 0 spiro atoms. The number of halogens is 1. The van der Waals surface area contributed by atoms with Gasteiger partial charge in [0.1, 0.15) is 17.1 Å². The lowest BCUT2D eigenvalue weighted by Gasteiger charge is -2.13. The monoisotopic (exact) mass is 322 g/mol. The summed E-state index contributed by atoms with van der Waals surface area (Å²) in [5.41, 5.74) is 1.05. The molecule has 1 aromatic carbocycles. The maximum atomic E-state index is 11.8. The summed E-state index contributed by atoms with van der Waals surface area (Å²) in [6, 6.07) is 6.65. The van der Waals surface area contributed by atoms with Crippen molar-refractivity contribution in [3.8, 4) is 5.75 Å². The molecule has 1 unspecified atom stereocenters. The number of hydrogen-bond donors (Lipinski definition) is 0. The quantitative estimate of drug-likeness (QED) is 0.620. The average molecular weight is 323 g/mol. The molecule has 0 amide bonds. The van der Waals surface area contributed by atoms with Crippen molar-refractivity contribution < 1.29 is 23.5 Å². The highest BCUT2D eigenvalue weighted by Crippen LogP contribution is 2.34. The molecule has 1 atom stereocenters. The third-order valence-electron chi connectivity index (χ3n) is 3.37. The zero-order valence-corrected chi connectivity index (χ0v) is 13.1. The lowest BCUT2D eigenvalue weighted by molar-refractivity contribution is 0.0597. The number of methoxy groups -OCH3 is 2. The van der Waals surface area contributed by atoms with Crippen LogP contribution in [0.3, 0.4) is 0 Å². The number of furan rings is 1. The molecular formula is C16H15ClO5. The Kier molecular flexibility index (Phi) is 4.88. The van der Waals surface area contributed by atoms with E-state index in [0.29, 0.717) is 22.8 Å². The molecule has 0 saturated carbocycles. The molecule has 0 fully saturated rings. The standard InChI is InChI=1S/C16H15ClO5/c1-9(10-4-5-14(20-2)13(17)6-10)15-12(16(19)21-3)7-11(8-18)22-15/h4-9H,1-3H3. The second kappa shape index (κ2) is 6.66. The molecule has 2 rings (SSSR count).